The largest absolute Gasteiger partial charge is 0.490 e. The van der Waals surface area contributed by atoms with E-state index >= 15 is 0 Å². The molecule has 3 nitrogen and oxygen atoms in total. The normalized spacial score (nSPS) is 11.7. The maximum absolute atomic E-state index is 6.08. The molecule has 0 atom stereocenters. The molecule has 0 saturated heterocycles. The van der Waals surface area contributed by atoms with Crippen LogP contribution in [0.25, 0.3) is 0 Å². The van der Waals surface area contributed by atoms with E-state index in [0.717, 1.165) is 34.5 Å². The monoisotopic (exact) mass is 483 g/mol. The minimum atomic E-state index is 0. The van der Waals surface area contributed by atoms with E-state index < -0.39 is 0 Å². The summed E-state index contributed by atoms with van der Waals surface area (Å²) in [5.41, 5.74) is 2.64. The molecule has 0 bridgehead atoms. The molecule has 29 heavy (non-hydrogen) atoms. The molecular formula is C24H35BrClNO2. The first-order chi connectivity index (χ1) is 13.1. The van der Waals surface area contributed by atoms with E-state index in [1.165, 1.54) is 5.56 Å². The van der Waals surface area contributed by atoms with Gasteiger partial charge in [-0.25, -0.2) is 0 Å². The van der Waals surface area contributed by atoms with Gasteiger partial charge in [-0.05, 0) is 71.8 Å². The number of rotatable bonds is 9. The van der Waals surface area contributed by atoms with Crippen molar-refractivity contribution in [2.45, 2.75) is 66.7 Å². The Hall–Kier alpha value is -1.23. The van der Waals surface area contributed by atoms with Gasteiger partial charge in [-0.15, -0.1) is 12.4 Å². The molecule has 0 aliphatic carbocycles. The minimum absolute atomic E-state index is 0. The van der Waals surface area contributed by atoms with Crippen LogP contribution >= 0.6 is 28.3 Å². The number of halogens is 2. The second-order valence-electron chi connectivity index (χ2n) is 9.09. The number of hydrogen-bond acceptors (Lipinski definition) is 3. The lowest BCUT2D eigenvalue weighted by atomic mass is 9.82. The van der Waals surface area contributed by atoms with E-state index in [-0.39, 0.29) is 23.4 Å². The molecule has 0 amide bonds. The summed E-state index contributed by atoms with van der Waals surface area (Å²) in [5, 5.41) is 3.69. The van der Waals surface area contributed by atoms with Crippen LogP contribution in [0.2, 0.25) is 0 Å². The number of hydrogen-bond donors (Lipinski definition) is 1. The summed E-state index contributed by atoms with van der Waals surface area (Å²) in [6.07, 6.45) is 1.09. The molecule has 2 aromatic carbocycles. The molecule has 0 radical (unpaired) electrons. The predicted molar refractivity (Wildman–Crippen MR) is 128 cm³/mol. The molecule has 0 aromatic heterocycles. The van der Waals surface area contributed by atoms with Crippen LogP contribution in [-0.2, 0) is 13.2 Å². The lowest BCUT2D eigenvalue weighted by molar-refractivity contribution is 0.240. The van der Waals surface area contributed by atoms with Crippen molar-refractivity contribution in [2.75, 3.05) is 6.61 Å². The van der Waals surface area contributed by atoms with Crippen LogP contribution in [0, 0.1) is 5.41 Å². The topological polar surface area (TPSA) is 30.5 Å². The first-order valence-electron chi connectivity index (χ1n) is 9.96. The first-order valence-corrected chi connectivity index (χ1v) is 10.8. The van der Waals surface area contributed by atoms with E-state index in [4.69, 9.17) is 9.47 Å². The molecule has 1 N–H and O–H groups in total. The zero-order valence-corrected chi connectivity index (χ0v) is 20.9. The molecule has 0 unspecified atom stereocenters. The van der Waals surface area contributed by atoms with Crippen LogP contribution in [0.4, 0.5) is 0 Å². The Morgan fingerprint density at radius 3 is 2.17 bits per heavy atom. The van der Waals surface area contributed by atoms with Crippen LogP contribution < -0.4 is 14.8 Å². The smallest absolute Gasteiger partial charge is 0.175 e. The highest BCUT2D eigenvalue weighted by Crippen LogP contribution is 2.38. The van der Waals surface area contributed by atoms with E-state index in [1.807, 2.05) is 25.1 Å². The van der Waals surface area contributed by atoms with Crippen molar-refractivity contribution in [3.8, 4) is 11.5 Å². The van der Waals surface area contributed by atoms with Gasteiger partial charge in [0.2, 0.25) is 0 Å². The third-order valence-electron chi connectivity index (χ3n) is 4.34. The van der Waals surface area contributed by atoms with Gasteiger partial charge >= 0.3 is 0 Å². The van der Waals surface area contributed by atoms with Crippen molar-refractivity contribution >= 4 is 28.3 Å². The van der Waals surface area contributed by atoms with E-state index in [0.29, 0.717) is 13.2 Å². The van der Waals surface area contributed by atoms with Crippen molar-refractivity contribution in [3.63, 3.8) is 0 Å². The molecule has 0 aliphatic heterocycles. The highest BCUT2D eigenvalue weighted by Gasteiger charge is 2.25. The quantitative estimate of drug-likeness (QED) is 0.410. The van der Waals surface area contributed by atoms with Gasteiger partial charge in [0.15, 0.2) is 11.5 Å². The average molecular weight is 485 g/mol. The van der Waals surface area contributed by atoms with Crippen molar-refractivity contribution in [2.24, 2.45) is 5.41 Å². The summed E-state index contributed by atoms with van der Waals surface area (Å²) in [6.45, 7) is 15.2. The molecule has 0 spiro atoms. The Morgan fingerprint density at radius 1 is 0.931 bits per heavy atom. The summed E-state index contributed by atoms with van der Waals surface area (Å²) in [6, 6.07) is 14.4. The van der Waals surface area contributed by atoms with Crippen molar-refractivity contribution in [3.05, 3.63) is 58.1 Å². The third-order valence-corrected chi connectivity index (χ3v) is 4.93. The lowest BCUT2D eigenvalue weighted by Gasteiger charge is -2.33. The molecule has 0 fully saturated rings. The van der Waals surface area contributed by atoms with Gasteiger partial charge < -0.3 is 14.8 Å². The Morgan fingerprint density at radius 2 is 1.59 bits per heavy atom. The second kappa shape index (κ2) is 11.2. The fourth-order valence-electron chi connectivity index (χ4n) is 3.59. The average Bonchev–Trinajstić information content (AvgIpc) is 2.58. The van der Waals surface area contributed by atoms with Gasteiger partial charge in [-0.3, -0.25) is 0 Å². The van der Waals surface area contributed by atoms with Gasteiger partial charge in [0.25, 0.3) is 0 Å². The summed E-state index contributed by atoms with van der Waals surface area (Å²) in [5.74, 6) is 1.53. The Labute approximate surface area is 191 Å². The molecule has 2 rings (SSSR count). The molecule has 0 saturated carbocycles. The zero-order chi connectivity index (χ0) is 20.8. The lowest BCUT2D eigenvalue weighted by Crippen LogP contribution is -2.41. The van der Waals surface area contributed by atoms with Gasteiger partial charge in [0, 0.05) is 12.1 Å². The Balaban J connectivity index is 0.00000420. The highest BCUT2D eigenvalue weighted by molar-refractivity contribution is 9.10. The van der Waals surface area contributed by atoms with Gasteiger partial charge in [-0.1, -0.05) is 51.1 Å². The van der Waals surface area contributed by atoms with E-state index in [1.54, 1.807) is 0 Å². The fourth-order valence-corrected chi connectivity index (χ4v) is 4.19. The molecule has 162 valence electrons. The summed E-state index contributed by atoms with van der Waals surface area (Å²) < 4.78 is 12.9. The molecule has 5 heteroatoms. The van der Waals surface area contributed by atoms with Crippen molar-refractivity contribution < 1.29 is 9.47 Å². The number of nitrogens with one attached hydrogen (secondary N) is 1. The standard InChI is InChI=1S/C24H34BrNO2.ClH/c1-7-27-21-14-19(15-26-24(5,6)17-23(2,3)4)13-20(25)22(21)28-16-18-11-9-8-10-12-18;/h8-14,26H,7,15-17H2,1-6H3;1H. The highest BCUT2D eigenvalue weighted by atomic mass is 79.9. The van der Waals surface area contributed by atoms with E-state index in [9.17, 15) is 0 Å². The Bertz CT molecular complexity index is 757. The maximum Gasteiger partial charge on any atom is 0.175 e. The zero-order valence-electron chi connectivity index (χ0n) is 18.5. The maximum atomic E-state index is 6.08. The van der Waals surface area contributed by atoms with Crippen molar-refractivity contribution in [1.29, 1.82) is 0 Å². The minimum Gasteiger partial charge on any atom is -0.490 e. The molecule has 2 aromatic rings. The van der Waals surface area contributed by atoms with Crippen LogP contribution in [0.3, 0.4) is 0 Å². The van der Waals surface area contributed by atoms with E-state index in [2.05, 4.69) is 80.1 Å². The van der Waals surface area contributed by atoms with Gasteiger partial charge in [0.1, 0.15) is 6.61 Å². The third kappa shape index (κ3) is 8.98. The summed E-state index contributed by atoms with van der Waals surface area (Å²) in [7, 11) is 0. The van der Waals surface area contributed by atoms with Crippen LogP contribution in [0.1, 0.15) is 59.1 Å². The molecule has 0 aliphatic rings. The predicted octanol–water partition coefficient (Wildman–Crippen LogP) is 7.15. The van der Waals surface area contributed by atoms with Crippen LogP contribution in [-0.4, -0.2) is 12.1 Å². The SMILES string of the molecule is CCOc1cc(CNC(C)(C)CC(C)(C)C)cc(Br)c1OCc1ccccc1.Cl. The number of ether oxygens (including phenoxy) is 2. The molecule has 0 heterocycles. The van der Waals surface area contributed by atoms with Gasteiger partial charge in [0.05, 0.1) is 11.1 Å². The van der Waals surface area contributed by atoms with Crippen molar-refractivity contribution in [1.82, 2.24) is 5.32 Å². The summed E-state index contributed by atoms with van der Waals surface area (Å²) >= 11 is 3.68. The molecular weight excluding hydrogens is 450 g/mol. The van der Waals surface area contributed by atoms with Crippen LogP contribution in [0.5, 0.6) is 11.5 Å². The Kier molecular flexibility index (Phi) is 10.0. The van der Waals surface area contributed by atoms with Crippen LogP contribution in [0.15, 0.2) is 46.9 Å². The number of benzene rings is 2. The fraction of sp³-hybridized carbons (Fsp3) is 0.500. The summed E-state index contributed by atoms with van der Waals surface area (Å²) in [4.78, 5) is 0. The van der Waals surface area contributed by atoms with Gasteiger partial charge in [-0.2, -0.15) is 0 Å². The first kappa shape index (κ1) is 25.8. The second-order valence-corrected chi connectivity index (χ2v) is 9.94.